The number of nitrogens with zero attached hydrogens (tertiary/aromatic N) is 1. The Morgan fingerprint density at radius 3 is 2.84 bits per heavy atom. The van der Waals surface area contributed by atoms with Gasteiger partial charge in [0.25, 0.3) is 5.22 Å². The van der Waals surface area contributed by atoms with E-state index < -0.39 is 0 Å². The summed E-state index contributed by atoms with van der Waals surface area (Å²) in [4.78, 5) is 15.7. The quantitative estimate of drug-likeness (QED) is 0.482. The zero-order chi connectivity index (χ0) is 13.5. The SMILES string of the molecule is Nc1ccc(NC(=O)CCCSc2ncco2)cc1. The molecule has 0 saturated carbocycles. The van der Waals surface area contributed by atoms with Crippen molar-refractivity contribution in [1.82, 2.24) is 4.98 Å². The summed E-state index contributed by atoms with van der Waals surface area (Å²) in [6.45, 7) is 0. The number of anilines is 2. The van der Waals surface area contributed by atoms with Crippen LogP contribution in [-0.4, -0.2) is 16.6 Å². The summed E-state index contributed by atoms with van der Waals surface area (Å²) in [5, 5.41) is 3.46. The van der Waals surface area contributed by atoms with Gasteiger partial charge >= 0.3 is 0 Å². The van der Waals surface area contributed by atoms with Crippen LogP contribution in [0.3, 0.4) is 0 Å². The van der Waals surface area contributed by atoms with Crippen LogP contribution in [0.2, 0.25) is 0 Å². The Labute approximate surface area is 115 Å². The highest BCUT2D eigenvalue weighted by atomic mass is 32.2. The van der Waals surface area contributed by atoms with Gasteiger partial charge < -0.3 is 15.5 Å². The van der Waals surface area contributed by atoms with Gasteiger partial charge in [0.1, 0.15) is 6.26 Å². The van der Waals surface area contributed by atoms with Crippen molar-refractivity contribution in [2.24, 2.45) is 0 Å². The molecule has 0 fully saturated rings. The summed E-state index contributed by atoms with van der Waals surface area (Å²) in [5.41, 5.74) is 7.02. The molecular formula is C13H15N3O2S. The molecule has 1 amide bonds. The fourth-order valence-electron chi connectivity index (χ4n) is 1.46. The smallest absolute Gasteiger partial charge is 0.255 e. The first kappa shape index (κ1) is 13.5. The highest BCUT2D eigenvalue weighted by Crippen LogP contribution is 2.17. The number of carbonyl (C=O) groups is 1. The van der Waals surface area contributed by atoms with E-state index >= 15 is 0 Å². The van der Waals surface area contributed by atoms with Crippen LogP contribution in [0.25, 0.3) is 0 Å². The molecule has 6 heteroatoms. The van der Waals surface area contributed by atoms with Gasteiger partial charge in [0.15, 0.2) is 0 Å². The first-order chi connectivity index (χ1) is 9.24. The standard InChI is InChI=1S/C13H15N3O2S/c14-10-3-5-11(6-4-10)16-12(17)2-1-9-19-13-15-7-8-18-13/h3-8H,1-2,9,14H2,(H,16,17). The molecule has 1 heterocycles. The second kappa shape index (κ2) is 6.84. The highest BCUT2D eigenvalue weighted by molar-refractivity contribution is 7.99. The van der Waals surface area contributed by atoms with Crippen molar-refractivity contribution in [2.45, 2.75) is 18.1 Å². The number of nitrogens with two attached hydrogens (primary N) is 1. The van der Waals surface area contributed by atoms with Crippen LogP contribution < -0.4 is 11.1 Å². The molecule has 3 N–H and O–H groups in total. The maximum Gasteiger partial charge on any atom is 0.255 e. The molecule has 2 aromatic rings. The number of carbonyl (C=O) groups excluding carboxylic acids is 1. The number of hydrogen-bond donors (Lipinski definition) is 2. The zero-order valence-corrected chi connectivity index (χ0v) is 11.2. The molecule has 0 bridgehead atoms. The molecular weight excluding hydrogens is 262 g/mol. The molecule has 0 aliphatic heterocycles. The third kappa shape index (κ3) is 4.67. The second-order valence-electron chi connectivity index (χ2n) is 3.92. The average molecular weight is 277 g/mol. The number of thioether (sulfide) groups is 1. The van der Waals surface area contributed by atoms with Crippen LogP contribution in [-0.2, 0) is 4.79 Å². The molecule has 1 aromatic heterocycles. The van der Waals surface area contributed by atoms with Gasteiger partial charge in [0, 0.05) is 23.5 Å². The zero-order valence-electron chi connectivity index (χ0n) is 10.3. The predicted octanol–water partition coefficient (Wildman–Crippen LogP) is 2.77. The topological polar surface area (TPSA) is 81.1 Å². The van der Waals surface area contributed by atoms with Gasteiger partial charge in [-0.1, -0.05) is 11.8 Å². The highest BCUT2D eigenvalue weighted by Gasteiger charge is 2.03. The molecule has 0 aliphatic carbocycles. The molecule has 5 nitrogen and oxygen atoms in total. The summed E-state index contributed by atoms with van der Waals surface area (Å²) in [6, 6.07) is 7.09. The van der Waals surface area contributed by atoms with Crippen LogP contribution in [0.1, 0.15) is 12.8 Å². The number of aromatic nitrogens is 1. The third-order valence-electron chi connectivity index (χ3n) is 2.38. The minimum Gasteiger partial charge on any atom is -0.440 e. The van der Waals surface area contributed by atoms with Gasteiger partial charge in [0.05, 0.1) is 6.20 Å². The first-order valence-electron chi connectivity index (χ1n) is 5.92. The van der Waals surface area contributed by atoms with Gasteiger partial charge in [-0.15, -0.1) is 0 Å². The molecule has 0 saturated heterocycles. The average Bonchev–Trinajstić information content (AvgIpc) is 2.91. The molecule has 0 aliphatic rings. The maximum atomic E-state index is 11.7. The third-order valence-corrected chi connectivity index (χ3v) is 3.32. The summed E-state index contributed by atoms with van der Waals surface area (Å²) < 4.78 is 5.09. The van der Waals surface area contributed by atoms with Crippen molar-refractivity contribution >= 4 is 29.0 Å². The van der Waals surface area contributed by atoms with E-state index in [9.17, 15) is 4.79 Å². The Morgan fingerprint density at radius 2 is 2.16 bits per heavy atom. The molecule has 100 valence electrons. The van der Waals surface area contributed by atoms with Crippen molar-refractivity contribution in [1.29, 1.82) is 0 Å². The van der Waals surface area contributed by atoms with Crippen LogP contribution in [0.5, 0.6) is 0 Å². The molecule has 0 unspecified atom stereocenters. The largest absolute Gasteiger partial charge is 0.440 e. The summed E-state index contributed by atoms with van der Waals surface area (Å²) >= 11 is 1.50. The van der Waals surface area contributed by atoms with Crippen molar-refractivity contribution in [3.63, 3.8) is 0 Å². The number of hydrogen-bond acceptors (Lipinski definition) is 5. The van der Waals surface area contributed by atoms with Gasteiger partial charge in [-0.3, -0.25) is 4.79 Å². The van der Waals surface area contributed by atoms with E-state index in [0.717, 1.165) is 17.9 Å². The van der Waals surface area contributed by atoms with E-state index in [1.807, 2.05) is 0 Å². The lowest BCUT2D eigenvalue weighted by molar-refractivity contribution is -0.116. The fraction of sp³-hybridized carbons (Fsp3) is 0.231. The molecule has 19 heavy (non-hydrogen) atoms. The lowest BCUT2D eigenvalue weighted by Crippen LogP contribution is -2.11. The van der Waals surface area contributed by atoms with Crippen molar-refractivity contribution in [2.75, 3.05) is 16.8 Å². The first-order valence-corrected chi connectivity index (χ1v) is 6.90. The van der Waals surface area contributed by atoms with E-state index in [-0.39, 0.29) is 5.91 Å². The number of nitrogens with one attached hydrogen (secondary N) is 1. The molecule has 2 rings (SSSR count). The van der Waals surface area contributed by atoms with Gasteiger partial charge in [-0.05, 0) is 30.7 Å². The maximum absolute atomic E-state index is 11.7. The van der Waals surface area contributed by atoms with Gasteiger partial charge in [-0.2, -0.15) is 0 Å². The van der Waals surface area contributed by atoms with Gasteiger partial charge in [0.2, 0.25) is 5.91 Å². The van der Waals surface area contributed by atoms with Gasteiger partial charge in [-0.25, -0.2) is 4.98 Å². The monoisotopic (exact) mass is 277 g/mol. The number of benzene rings is 1. The van der Waals surface area contributed by atoms with Crippen molar-refractivity contribution in [3.05, 3.63) is 36.7 Å². The van der Waals surface area contributed by atoms with Crippen molar-refractivity contribution < 1.29 is 9.21 Å². The fourth-order valence-corrected chi connectivity index (χ4v) is 2.19. The number of nitrogen functional groups attached to an aromatic ring is 1. The Kier molecular flexibility index (Phi) is 4.85. The minimum atomic E-state index is -0.00206. The summed E-state index contributed by atoms with van der Waals surface area (Å²) in [6.07, 6.45) is 4.39. The second-order valence-corrected chi connectivity index (χ2v) is 4.97. The Bertz CT molecular complexity index is 511. The normalized spacial score (nSPS) is 10.3. The molecule has 0 radical (unpaired) electrons. The van der Waals surface area contributed by atoms with E-state index in [0.29, 0.717) is 17.3 Å². The summed E-state index contributed by atoms with van der Waals surface area (Å²) in [7, 11) is 0. The van der Waals surface area contributed by atoms with Crippen LogP contribution in [0.4, 0.5) is 11.4 Å². The van der Waals surface area contributed by atoms with E-state index in [1.165, 1.54) is 18.0 Å². The van der Waals surface area contributed by atoms with Crippen LogP contribution in [0, 0.1) is 0 Å². The number of amides is 1. The van der Waals surface area contributed by atoms with Crippen molar-refractivity contribution in [3.8, 4) is 0 Å². The number of oxazole rings is 1. The number of rotatable bonds is 6. The Morgan fingerprint density at radius 1 is 1.37 bits per heavy atom. The molecule has 0 atom stereocenters. The van der Waals surface area contributed by atoms with E-state index in [1.54, 1.807) is 30.5 Å². The van der Waals surface area contributed by atoms with Crippen LogP contribution in [0.15, 0.2) is 46.4 Å². The van der Waals surface area contributed by atoms with Crippen LogP contribution >= 0.6 is 11.8 Å². The van der Waals surface area contributed by atoms with E-state index in [2.05, 4.69) is 10.3 Å². The Hall–Kier alpha value is -1.95. The lowest BCUT2D eigenvalue weighted by atomic mass is 10.2. The molecule has 1 aromatic carbocycles. The molecule has 0 spiro atoms. The summed E-state index contributed by atoms with van der Waals surface area (Å²) in [5.74, 6) is 0.799. The minimum absolute atomic E-state index is 0.00206. The lowest BCUT2D eigenvalue weighted by Gasteiger charge is -2.04. The Balaban J connectivity index is 1.65. The van der Waals surface area contributed by atoms with E-state index in [4.69, 9.17) is 10.2 Å². The predicted molar refractivity (Wildman–Crippen MR) is 75.9 cm³/mol.